The summed E-state index contributed by atoms with van der Waals surface area (Å²) in [7, 11) is 1.75. The van der Waals surface area contributed by atoms with E-state index in [9.17, 15) is 4.79 Å². The summed E-state index contributed by atoms with van der Waals surface area (Å²) in [5.74, 6) is 0.0666. The molecule has 18 heavy (non-hydrogen) atoms. The lowest BCUT2D eigenvalue weighted by molar-refractivity contribution is 0.0763. The van der Waals surface area contributed by atoms with Gasteiger partial charge in [-0.25, -0.2) is 0 Å². The normalized spacial score (nSPS) is 19.5. The average Bonchev–Trinajstić information content (AvgIpc) is 2.59. The summed E-state index contributed by atoms with van der Waals surface area (Å²) in [5, 5.41) is 4.47. The van der Waals surface area contributed by atoms with Gasteiger partial charge in [-0.3, -0.25) is 9.48 Å². The largest absolute Gasteiger partial charge is 0.329 e. The first-order valence-electron chi connectivity index (χ1n) is 6.53. The van der Waals surface area contributed by atoms with Crippen LogP contribution >= 0.6 is 11.6 Å². The SMILES string of the molecule is Cn1ncc(Cl)c1C(=O)C1(CN)CCCCCC1. The monoisotopic (exact) mass is 269 g/mol. The first-order valence-corrected chi connectivity index (χ1v) is 6.91. The zero-order chi connectivity index (χ0) is 13.2. The van der Waals surface area contributed by atoms with Crippen LogP contribution in [0, 0.1) is 5.41 Å². The minimum atomic E-state index is -0.437. The van der Waals surface area contributed by atoms with E-state index in [1.165, 1.54) is 19.0 Å². The maximum Gasteiger partial charge on any atom is 0.189 e. The van der Waals surface area contributed by atoms with Gasteiger partial charge in [0.25, 0.3) is 0 Å². The van der Waals surface area contributed by atoms with E-state index in [-0.39, 0.29) is 5.78 Å². The predicted octanol–water partition coefficient (Wildman–Crippen LogP) is 2.56. The fourth-order valence-electron chi connectivity index (χ4n) is 2.85. The molecule has 0 unspecified atom stereocenters. The molecule has 100 valence electrons. The molecule has 1 aliphatic rings. The van der Waals surface area contributed by atoms with Crippen molar-refractivity contribution in [2.45, 2.75) is 38.5 Å². The number of Topliss-reactive ketones (excluding diaryl/α,β-unsaturated/α-hetero) is 1. The number of aryl methyl sites for hydroxylation is 1. The Hall–Kier alpha value is -0.870. The van der Waals surface area contributed by atoms with Crippen molar-refractivity contribution in [1.82, 2.24) is 9.78 Å². The number of hydrogen-bond donors (Lipinski definition) is 1. The molecule has 0 saturated heterocycles. The molecular weight excluding hydrogens is 250 g/mol. The van der Waals surface area contributed by atoms with Crippen LogP contribution in [0.2, 0.25) is 5.02 Å². The molecule has 0 aliphatic heterocycles. The molecule has 0 aromatic carbocycles. The van der Waals surface area contributed by atoms with Crippen LogP contribution in [0.1, 0.15) is 49.0 Å². The lowest BCUT2D eigenvalue weighted by atomic mass is 9.75. The molecule has 0 bridgehead atoms. The molecule has 5 heteroatoms. The van der Waals surface area contributed by atoms with Gasteiger partial charge in [0.05, 0.1) is 11.2 Å². The van der Waals surface area contributed by atoms with Gasteiger partial charge in [0, 0.05) is 19.0 Å². The van der Waals surface area contributed by atoms with E-state index in [1.54, 1.807) is 11.7 Å². The molecule has 2 N–H and O–H groups in total. The summed E-state index contributed by atoms with van der Waals surface area (Å²) in [6.07, 6.45) is 7.77. The number of halogens is 1. The number of hydrogen-bond acceptors (Lipinski definition) is 3. The molecular formula is C13H20ClN3O. The number of nitrogens with zero attached hydrogens (tertiary/aromatic N) is 2. The maximum atomic E-state index is 12.8. The number of nitrogens with two attached hydrogens (primary N) is 1. The Morgan fingerprint density at radius 2 is 2.06 bits per heavy atom. The third-order valence-electron chi connectivity index (χ3n) is 4.04. The van der Waals surface area contributed by atoms with Crippen LogP contribution in [0.3, 0.4) is 0 Å². The highest BCUT2D eigenvalue weighted by molar-refractivity contribution is 6.33. The summed E-state index contributed by atoms with van der Waals surface area (Å²) in [6, 6.07) is 0. The molecule has 2 rings (SSSR count). The molecule has 1 aromatic heterocycles. The quantitative estimate of drug-likeness (QED) is 0.678. The third kappa shape index (κ3) is 2.31. The van der Waals surface area contributed by atoms with Crippen LogP contribution < -0.4 is 5.73 Å². The smallest absolute Gasteiger partial charge is 0.189 e. The van der Waals surface area contributed by atoms with Crippen LogP contribution in [0.4, 0.5) is 0 Å². The van der Waals surface area contributed by atoms with Gasteiger partial charge >= 0.3 is 0 Å². The molecule has 1 fully saturated rings. The Kier molecular flexibility index (Phi) is 4.07. The standard InChI is InChI=1S/C13H20ClN3O/c1-17-11(10(14)8-16-17)12(18)13(9-15)6-4-2-3-5-7-13/h8H,2-7,9,15H2,1H3. The molecule has 4 nitrogen and oxygen atoms in total. The van der Waals surface area contributed by atoms with Crippen molar-refractivity contribution in [3.8, 4) is 0 Å². The highest BCUT2D eigenvalue weighted by Gasteiger charge is 2.39. The third-order valence-corrected chi connectivity index (χ3v) is 4.32. The van der Waals surface area contributed by atoms with E-state index in [0.29, 0.717) is 17.3 Å². The zero-order valence-corrected chi connectivity index (χ0v) is 11.5. The Morgan fingerprint density at radius 3 is 2.50 bits per heavy atom. The summed E-state index contributed by atoms with van der Waals surface area (Å²) >= 11 is 6.07. The van der Waals surface area contributed by atoms with Gasteiger partial charge in [-0.1, -0.05) is 37.3 Å². The van der Waals surface area contributed by atoms with Crippen LogP contribution in [0.5, 0.6) is 0 Å². The Balaban J connectivity index is 2.35. The fraction of sp³-hybridized carbons (Fsp3) is 0.692. The van der Waals surface area contributed by atoms with Gasteiger partial charge in [-0.05, 0) is 12.8 Å². The van der Waals surface area contributed by atoms with Crippen molar-refractivity contribution in [2.24, 2.45) is 18.2 Å². The second-order valence-electron chi connectivity index (χ2n) is 5.19. The maximum absolute atomic E-state index is 12.8. The second-order valence-corrected chi connectivity index (χ2v) is 5.60. The fourth-order valence-corrected chi connectivity index (χ4v) is 3.10. The van der Waals surface area contributed by atoms with Gasteiger partial charge in [0.15, 0.2) is 5.78 Å². The molecule has 0 radical (unpaired) electrons. The number of aromatic nitrogens is 2. The topological polar surface area (TPSA) is 60.9 Å². The molecule has 1 heterocycles. The van der Waals surface area contributed by atoms with Crippen LogP contribution in [-0.2, 0) is 7.05 Å². The van der Waals surface area contributed by atoms with E-state index in [4.69, 9.17) is 17.3 Å². The molecule has 1 aromatic rings. The van der Waals surface area contributed by atoms with Crippen molar-refractivity contribution in [2.75, 3.05) is 6.54 Å². The van der Waals surface area contributed by atoms with Crippen molar-refractivity contribution in [3.63, 3.8) is 0 Å². The van der Waals surface area contributed by atoms with Crippen LogP contribution in [0.25, 0.3) is 0 Å². The lowest BCUT2D eigenvalue weighted by Gasteiger charge is -2.29. The lowest BCUT2D eigenvalue weighted by Crippen LogP contribution is -2.39. The van der Waals surface area contributed by atoms with Crippen molar-refractivity contribution in [3.05, 3.63) is 16.9 Å². The number of carbonyl (C=O) groups is 1. The minimum Gasteiger partial charge on any atom is -0.329 e. The van der Waals surface area contributed by atoms with Crippen molar-refractivity contribution in [1.29, 1.82) is 0 Å². The van der Waals surface area contributed by atoms with Gasteiger partial charge in [-0.15, -0.1) is 0 Å². The molecule has 0 spiro atoms. The summed E-state index contributed by atoms with van der Waals surface area (Å²) in [6.45, 7) is 0.396. The van der Waals surface area contributed by atoms with Gasteiger partial charge in [0.1, 0.15) is 5.69 Å². The number of carbonyl (C=O) groups excluding carboxylic acids is 1. The van der Waals surface area contributed by atoms with E-state index in [1.807, 2.05) is 0 Å². The molecule has 1 saturated carbocycles. The van der Waals surface area contributed by atoms with E-state index in [2.05, 4.69) is 5.10 Å². The highest BCUT2D eigenvalue weighted by atomic mass is 35.5. The number of ketones is 1. The Labute approximate surface area is 112 Å². The minimum absolute atomic E-state index is 0.0666. The summed E-state index contributed by atoms with van der Waals surface area (Å²) in [5.41, 5.74) is 5.99. The van der Waals surface area contributed by atoms with Gasteiger partial charge in [0.2, 0.25) is 0 Å². The summed E-state index contributed by atoms with van der Waals surface area (Å²) in [4.78, 5) is 12.8. The highest BCUT2D eigenvalue weighted by Crippen LogP contribution is 2.38. The first-order chi connectivity index (χ1) is 8.60. The molecule has 0 atom stereocenters. The second kappa shape index (κ2) is 5.41. The number of rotatable bonds is 3. The molecule has 1 aliphatic carbocycles. The van der Waals surface area contributed by atoms with Crippen molar-refractivity contribution >= 4 is 17.4 Å². The van der Waals surface area contributed by atoms with Gasteiger partial charge in [-0.2, -0.15) is 5.10 Å². The van der Waals surface area contributed by atoms with Crippen molar-refractivity contribution < 1.29 is 4.79 Å². The zero-order valence-electron chi connectivity index (χ0n) is 10.8. The average molecular weight is 270 g/mol. The Bertz CT molecular complexity index is 414. The van der Waals surface area contributed by atoms with Crippen LogP contribution in [0.15, 0.2) is 6.20 Å². The predicted molar refractivity (Wildman–Crippen MR) is 71.7 cm³/mol. The van der Waals surface area contributed by atoms with E-state index < -0.39 is 5.41 Å². The summed E-state index contributed by atoms with van der Waals surface area (Å²) < 4.78 is 1.56. The molecule has 0 amide bonds. The van der Waals surface area contributed by atoms with E-state index in [0.717, 1.165) is 25.7 Å². The first kappa shape index (κ1) is 13.6. The van der Waals surface area contributed by atoms with Crippen LogP contribution in [-0.4, -0.2) is 22.1 Å². The Morgan fingerprint density at radius 1 is 1.44 bits per heavy atom. The van der Waals surface area contributed by atoms with E-state index >= 15 is 0 Å². The van der Waals surface area contributed by atoms with Gasteiger partial charge < -0.3 is 5.73 Å².